The molecule has 0 unspecified atom stereocenters. The average Bonchev–Trinajstić information content (AvgIpc) is 3.24. The zero-order valence-electron chi connectivity index (χ0n) is 28.5. The molecule has 0 aliphatic heterocycles. The first-order valence-electron chi connectivity index (χ1n) is 14.6. The molecule has 0 radical (unpaired) electrons. The van der Waals surface area contributed by atoms with Gasteiger partial charge in [0.05, 0.1) is 0 Å². The molecule has 0 fully saturated rings. The summed E-state index contributed by atoms with van der Waals surface area (Å²) in [7, 11) is 0. The van der Waals surface area contributed by atoms with Gasteiger partial charge in [-0.15, -0.1) is 24.8 Å². The first-order chi connectivity index (χ1) is 28.8. The van der Waals surface area contributed by atoms with E-state index >= 15 is 0 Å². The Hall–Kier alpha value is -4.56. The van der Waals surface area contributed by atoms with Crippen molar-refractivity contribution in [2.75, 3.05) is 0 Å². The third kappa shape index (κ3) is 9.41. The van der Waals surface area contributed by atoms with Crippen molar-refractivity contribution in [1.29, 1.82) is 0 Å². The summed E-state index contributed by atoms with van der Waals surface area (Å²) in [5, 5.41) is 0. The molecule has 0 atom stereocenters. The Bertz CT molecular complexity index is 2370. The van der Waals surface area contributed by atoms with Crippen LogP contribution in [0.15, 0.2) is 0 Å². The van der Waals surface area contributed by atoms with Crippen LogP contribution in [0.3, 0.4) is 0 Å². The van der Waals surface area contributed by atoms with Crippen LogP contribution in [0.2, 0.25) is 0 Å². The summed E-state index contributed by atoms with van der Waals surface area (Å²) in [4.78, 5) is 15.4. The van der Waals surface area contributed by atoms with Gasteiger partial charge < -0.3 is 0 Å². The van der Waals surface area contributed by atoms with Crippen LogP contribution >= 0.6 is 24.8 Å². The van der Waals surface area contributed by atoms with Crippen LogP contribution in [0.1, 0.15) is 0 Å². The zero-order chi connectivity index (χ0) is 46.7. The molecule has 0 bridgehead atoms. The number of hydrogen-bond acceptors (Lipinski definition) is 6. The molecule has 0 saturated heterocycles. The van der Waals surface area contributed by atoms with Gasteiger partial charge in [-0.25, -0.2) is 0 Å². The summed E-state index contributed by atoms with van der Waals surface area (Å²) in [6.45, 7) is 0. The SMILES string of the molecule is Cl.Cl.Fc1n[c]([Sb]([c]2nc(F)c(F)c(F)c2F)[c]2nc(F)c(F)c(F)c2F)c(F)c(F)c1F.Fc1n[c]([Sb]([c]2nc(F)c(F)c(F)c2F)[c]2nc(F)c(F)c(F)c2F)c(F)c(F)c1F. The van der Waals surface area contributed by atoms with Gasteiger partial charge >= 0.3 is 338 Å². The quantitative estimate of drug-likeness (QED) is 0.134. The molecule has 34 heteroatoms. The summed E-state index contributed by atoms with van der Waals surface area (Å²) in [5.41, 5.74) is 0. The van der Waals surface area contributed by atoms with Crippen molar-refractivity contribution < 1.29 is 105 Å². The molecule has 0 aliphatic carbocycles. The third-order valence-electron chi connectivity index (χ3n) is 7.07. The van der Waals surface area contributed by atoms with Crippen molar-refractivity contribution in [2.45, 2.75) is 0 Å². The van der Waals surface area contributed by atoms with Crippen LogP contribution in [-0.4, -0.2) is 70.3 Å². The van der Waals surface area contributed by atoms with Crippen molar-refractivity contribution in [2.24, 2.45) is 0 Å². The molecular weight excluding hydrogens is 1210 g/mol. The second-order valence-electron chi connectivity index (χ2n) is 10.7. The van der Waals surface area contributed by atoms with Crippen molar-refractivity contribution in [3.05, 3.63) is 140 Å². The van der Waals surface area contributed by atoms with Crippen LogP contribution in [0, 0.1) is 140 Å². The Morgan fingerprint density at radius 1 is 0.172 bits per heavy atom. The van der Waals surface area contributed by atoms with Gasteiger partial charge in [0.2, 0.25) is 0 Å². The molecular formula is C30H2Cl2F24N6Sb2. The predicted molar refractivity (Wildman–Crippen MR) is 168 cm³/mol. The summed E-state index contributed by atoms with van der Waals surface area (Å²) in [5.74, 6) is -60.2. The van der Waals surface area contributed by atoms with E-state index in [-0.39, 0.29) is 24.8 Å². The molecule has 6 heterocycles. The van der Waals surface area contributed by atoms with Gasteiger partial charge in [-0.05, 0) is 0 Å². The van der Waals surface area contributed by atoms with Gasteiger partial charge in [0, 0.05) is 0 Å². The summed E-state index contributed by atoms with van der Waals surface area (Å²) in [6.07, 6.45) is 0. The fourth-order valence-electron chi connectivity index (χ4n) is 4.35. The Morgan fingerprint density at radius 3 is 0.391 bits per heavy atom. The molecule has 344 valence electrons. The second-order valence-corrected chi connectivity index (χ2v) is 21.8. The molecule has 0 saturated carbocycles. The maximum absolute atomic E-state index is 14.3. The van der Waals surface area contributed by atoms with Gasteiger partial charge in [-0.3, -0.25) is 0 Å². The minimum atomic E-state index is -5.66. The van der Waals surface area contributed by atoms with E-state index in [1.165, 1.54) is 0 Å². The molecule has 6 aromatic heterocycles. The monoisotopic (exact) mass is 1210 g/mol. The van der Waals surface area contributed by atoms with E-state index in [0.717, 1.165) is 0 Å². The van der Waals surface area contributed by atoms with Crippen LogP contribution in [0.5, 0.6) is 0 Å². The Balaban J connectivity index is 0.000000330. The molecule has 0 aliphatic rings. The average molecular weight is 1220 g/mol. The van der Waals surface area contributed by atoms with E-state index in [1.54, 1.807) is 0 Å². The van der Waals surface area contributed by atoms with Crippen LogP contribution < -0.4 is 21.8 Å². The van der Waals surface area contributed by atoms with Crippen LogP contribution in [0.25, 0.3) is 0 Å². The third-order valence-corrected chi connectivity index (χ3v) is 19.4. The van der Waals surface area contributed by atoms with E-state index < -0.39 is 203 Å². The molecule has 0 aromatic carbocycles. The Labute approximate surface area is 361 Å². The summed E-state index contributed by atoms with van der Waals surface area (Å²) in [6, 6.07) is 0. The molecule has 0 spiro atoms. The van der Waals surface area contributed by atoms with E-state index in [4.69, 9.17) is 0 Å². The first-order valence-corrected chi connectivity index (χ1v) is 22.2. The molecule has 6 rings (SSSR count). The zero-order valence-corrected chi connectivity index (χ0v) is 35.2. The molecule has 0 N–H and O–H groups in total. The standard InChI is InChI=1S/6C5F4N.2ClH.2Sb/c6*6-2-1-10-5(9)4(8)3(2)7;;;;/h;;;;;;2*1H;;. The fourth-order valence-corrected chi connectivity index (χ4v) is 16.0. The van der Waals surface area contributed by atoms with Gasteiger partial charge in [0.15, 0.2) is 0 Å². The molecule has 6 nitrogen and oxygen atoms in total. The molecule has 6 aromatic rings. The number of nitrogens with zero attached hydrogens (tertiary/aromatic N) is 6. The van der Waals surface area contributed by atoms with Crippen molar-refractivity contribution >= 4 is 87.1 Å². The Kier molecular flexibility index (Phi) is 17.1. The maximum atomic E-state index is 14.3. The van der Waals surface area contributed by atoms with Crippen molar-refractivity contribution in [3.8, 4) is 0 Å². The number of hydrogen-bond donors (Lipinski definition) is 0. The van der Waals surface area contributed by atoms with Crippen LogP contribution in [0.4, 0.5) is 105 Å². The summed E-state index contributed by atoms with van der Waals surface area (Å²) >= 11 is -11.3. The predicted octanol–water partition coefficient (Wildman–Crippen LogP) is 4.96. The topological polar surface area (TPSA) is 77.3 Å². The van der Waals surface area contributed by atoms with Gasteiger partial charge in [-0.2, -0.15) is 0 Å². The van der Waals surface area contributed by atoms with Gasteiger partial charge in [0.1, 0.15) is 0 Å². The van der Waals surface area contributed by atoms with E-state index in [2.05, 4.69) is 29.9 Å². The van der Waals surface area contributed by atoms with E-state index in [1.807, 2.05) is 0 Å². The molecule has 0 amide bonds. The minimum absolute atomic E-state index is 0. The number of pyridine rings is 6. The Morgan fingerprint density at radius 2 is 0.281 bits per heavy atom. The second kappa shape index (κ2) is 20.3. The number of halogens is 26. The first kappa shape index (κ1) is 53.8. The van der Waals surface area contributed by atoms with Gasteiger partial charge in [-0.1, -0.05) is 0 Å². The van der Waals surface area contributed by atoms with Crippen molar-refractivity contribution in [3.63, 3.8) is 0 Å². The normalized spacial score (nSPS) is 11.2. The fraction of sp³-hybridized carbons (Fsp3) is 0. The van der Waals surface area contributed by atoms with Crippen molar-refractivity contribution in [1.82, 2.24) is 29.9 Å². The summed E-state index contributed by atoms with van der Waals surface area (Å²) < 4.78 is 317. The van der Waals surface area contributed by atoms with E-state index in [0.29, 0.717) is 0 Å². The number of rotatable bonds is 6. The van der Waals surface area contributed by atoms with E-state index in [9.17, 15) is 105 Å². The molecule has 64 heavy (non-hydrogen) atoms. The van der Waals surface area contributed by atoms with Crippen LogP contribution in [-0.2, 0) is 0 Å². The number of aromatic nitrogens is 6. The van der Waals surface area contributed by atoms with Gasteiger partial charge in [0.25, 0.3) is 0 Å².